The minimum atomic E-state index is -4.41. The van der Waals surface area contributed by atoms with Gasteiger partial charge in [0.05, 0.1) is 17.5 Å². The number of aromatic amines is 1. The molecular weight excluding hydrogens is 411 g/mol. The molecule has 0 aliphatic carbocycles. The average molecular weight is 437 g/mol. The monoisotopic (exact) mass is 437 g/mol. The summed E-state index contributed by atoms with van der Waals surface area (Å²) in [6.45, 7) is 3.94. The molecule has 2 aliphatic rings. The number of H-pyrrole nitrogens is 1. The molecule has 2 aromatic rings. The van der Waals surface area contributed by atoms with E-state index in [1.54, 1.807) is 13.0 Å². The summed E-state index contributed by atoms with van der Waals surface area (Å²) in [5.41, 5.74) is -0.411. The van der Waals surface area contributed by atoms with Crippen LogP contribution in [0.2, 0.25) is 0 Å². The van der Waals surface area contributed by atoms with E-state index < -0.39 is 11.7 Å². The van der Waals surface area contributed by atoms with Crippen molar-refractivity contribution >= 4 is 5.91 Å². The summed E-state index contributed by atoms with van der Waals surface area (Å²) in [6, 6.07) is 5.34. The highest BCUT2D eigenvalue weighted by Gasteiger charge is 2.40. The van der Waals surface area contributed by atoms with Crippen LogP contribution in [-0.2, 0) is 22.3 Å². The number of aryl methyl sites for hydroxylation is 1. The van der Waals surface area contributed by atoms with E-state index in [4.69, 9.17) is 4.74 Å². The van der Waals surface area contributed by atoms with E-state index in [0.717, 1.165) is 6.07 Å². The Labute approximate surface area is 178 Å². The maximum Gasteiger partial charge on any atom is 0.416 e. The second kappa shape index (κ2) is 8.96. The number of amides is 1. The van der Waals surface area contributed by atoms with Crippen molar-refractivity contribution in [1.82, 2.24) is 25.4 Å². The van der Waals surface area contributed by atoms with E-state index in [1.165, 1.54) is 12.1 Å². The molecule has 0 saturated carbocycles. The van der Waals surface area contributed by atoms with Gasteiger partial charge in [0.15, 0.2) is 5.82 Å². The summed E-state index contributed by atoms with van der Waals surface area (Å²) in [5, 5.41) is 10.2. The normalized spacial score (nSPS) is 23.2. The van der Waals surface area contributed by atoms with Crippen molar-refractivity contribution in [1.29, 1.82) is 0 Å². The van der Waals surface area contributed by atoms with Crippen LogP contribution in [0.5, 0.6) is 0 Å². The number of benzene rings is 1. The molecule has 168 valence electrons. The molecule has 0 unspecified atom stereocenters. The number of rotatable bonds is 5. The zero-order valence-corrected chi connectivity index (χ0v) is 17.3. The lowest BCUT2D eigenvalue weighted by Crippen LogP contribution is -2.44. The Morgan fingerprint density at radius 3 is 2.68 bits per heavy atom. The summed E-state index contributed by atoms with van der Waals surface area (Å²) in [4.78, 5) is 19.1. The molecule has 4 rings (SSSR count). The third-order valence-electron chi connectivity index (χ3n) is 5.98. The van der Waals surface area contributed by atoms with Crippen LogP contribution in [-0.4, -0.2) is 58.3 Å². The van der Waals surface area contributed by atoms with Crippen molar-refractivity contribution in [3.05, 3.63) is 47.0 Å². The average Bonchev–Trinajstić information content (AvgIpc) is 3.34. The number of nitrogens with zero attached hydrogens (tertiary/aromatic N) is 3. The predicted octanol–water partition coefficient (Wildman–Crippen LogP) is 2.64. The lowest BCUT2D eigenvalue weighted by Gasteiger charge is -2.25. The van der Waals surface area contributed by atoms with Crippen LogP contribution in [0.4, 0.5) is 13.2 Å². The number of nitrogens with one attached hydrogen (secondary N) is 2. The topological polar surface area (TPSA) is 83.1 Å². The first kappa shape index (κ1) is 21.8. The van der Waals surface area contributed by atoms with E-state index in [2.05, 4.69) is 20.5 Å². The summed E-state index contributed by atoms with van der Waals surface area (Å²) in [7, 11) is 0. The van der Waals surface area contributed by atoms with Crippen LogP contribution < -0.4 is 5.32 Å². The van der Waals surface area contributed by atoms with E-state index in [9.17, 15) is 18.0 Å². The molecule has 1 aromatic heterocycles. The quantitative estimate of drug-likeness (QED) is 0.752. The van der Waals surface area contributed by atoms with Gasteiger partial charge in [-0.15, -0.1) is 0 Å². The second-order valence-corrected chi connectivity index (χ2v) is 8.24. The van der Waals surface area contributed by atoms with Gasteiger partial charge in [0, 0.05) is 38.8 Å². The molecule has 31 heavy (non-hydrogen) atoms. The number of hydrogen-bond donors (Lipinski definition) is 2. The van der Waals surface area contributed by atoms with Crippen LogP contribution in [0.15, 0.2) is 24.3 Å². The van der Waals surface area contributed by atoms with Crippen molar-refractivity contribution in [3.63, 3.8) is 0 Å². The molecule has 0 spiro atoms. The highest BCUT2D eigenvalue weighted by Crippen LogP contribution is 2.34. The Kier molecular flexibility index (Phi) is 6.29. The van der Waals surface area contributed by atoms with Gasteiger partial charge < -0.3 is 10.1 Å². The molecule has 2 atom stereocenters. The smallest absolute Gasteiger partial charge is 0.381 e. The Morgan fingerprint density at radius 2 is 2.00 bits per heavy atom. The fraction of sp³-hybridized carbons (Fsp3) is 0.571. The second-order valence-electron chi connectivity index (χ2n) is 8.24. The summed E-state index contributed by atoms with van der Waals surface area (Å²) < 4.78 is 45.6. The fourth-order valence-electron chi connectivity index (χ4n) is 4.38. The third-order valence-corrected chi connectivity index (χ3v) is 5.98. The number of likely N-dealkylation sites (tertiary alicyclic amines) is 1. The van der Waals surface area contributed by atoms with E-state index in [-0.39, 0.29) is 35.9 Å². The van der Waals surface area contributed by atoms with Crippen molar-refractivity contribution in [3.8, 4) is 0 Å². The number of alkyl halides is 3. The Morgan fingerprint density at radius 1 is 1.26 bits per heavy atom. The van der Waals surface area contributed by atoms with Gasteiger partial charge in [-0.2, -0.15) is 18.3 Å². The van der Waals surface area contributed by atoms with Gasteiger partial charge >= 0.3 is 6.18 Å². The summed E-state index contributed by atoms with van der Waals surface area (Å²) in [6.07, 6.45) is -3.06. The van der Waals surface area contributed by atoms with Crippen molar-refractivity contribution in [2.45, 2.75) is 44.4 Å². The first-order chi connectivity index (χ1) is 14.8. The standard InChI is InChI=1S/C21H26F3N5O2/c1-13-25-19(28-27-13)16-11-29(10-15-4-2-3-5-17(15)21(22,23)24)12-18(16)26-20(30)14-6-8-31-9-7-14/h2-5,14,16,18H,6-12H2,1H3,(H,26,30)(H,25,27,28)/t16-,18-/m1/s1. The largest absolute Gasteiger partial charge is 0.416 e. The van der Waals surface area contributed by atoms with Crippen molar-refractivity contribution < 1.29 is 22.7 Å². The lowest BCUT2D eigenvalue weighted by atomic mass is 9.97. The molecule has 0 radical (unpaired) electrons. The molecule has 10 heteroatoms. The molecule has 1 amide bonds. The lowest BCUT2D eigenvalue weighted by molar-refractivity contribution is -0.138. The van der Waals surface area contributed by atoms with Crippen LogP contribution in [0.3, 0.4) is 0 Å². The van der Waals surface area contributed by atoms with Crippen molar-refractivity contribution in [2.24, 2.45) is 5.92 Å². The number of hydrogen-bond acceptors (Lipinski definition) is 5. The fourth-order valence-corrected chi connectivity index (χ4v) is 4.38. The third kappa shape index (κ3) is 5.07. The molecule has 2 aliphatic heterocycles. The maximum absolute atomic E-state index is 13.4. The van der Waals surface area contributed by atoms with Gasteiger partial charge in [-0.1, -0.05) is 18.2 Å². The maximum atomic E-state index is 13.4. The minimum Gasteiger partial charge on any atom is -0.381 e. The molecule has 2 fully saturated rings. The van der Waals surface area contributed by atoms with Crippen LogP contribution in [0.1, 0.15) is 41.5 Å². The number of halogens is 3. The highest BCUT2D eigenvalue weighted by molar-refractivity contribution is 5.79. The molecular formula is C21H26F3N5O2. The van der Waals surface area contributed by atoms with E-state index in [0.29, 0.717) is 50.8 Å². The molecule has 2 saturated heterocycles. The Balaban J connectivity index is 1.51. The Hall–Kier alpha value is -2.46. The van der Waals surface area contributed by atoms with Gasteiger partial charge in [0.2, 0.25) is 5.91 Å². The summed E-state index contributed by atoms with van der Waals surface area (Å²) >= 11 is 0. The summed E-state index contributed by atoms with van der Waals surface area (Å²) in [5.74, 6) is 0.880. The molecule has 2 N–H and O–H groups in total. The minimum absolute atomic E-state index is 0.0388. The number of ether oxygens (including phenoxy) is 1. The van der Waals surface area contributed by atoms with Crippen LogP contribution >= 0.6 is 0 Å². The van der Waals surface area contributed by atoms with Gasteiger partial charge in [-0.25, -0.2) is 4.98 Å². The molecule has 0 bridgehead atoms. The van der Waals surface area contributed by atoms with Gasteiger partial charge in [0.1, 0.15) is 5.82 Å². The molecule has 1 aromatic carbocycles. The number of carbonyl (C=O) groups is 1. The van der Waals surface area contributed by atoms with Crippen LogP contribution in [0, 0.1) is 12.8 Å². The number of carbonyl (C=O) groups excluding carboxylic acids is 1. The SMILES string of the molecule is Cc1nc([C@@H]2CN(Cc3ccccc3C(F)(F)F)C[C@H]2NC(=O)C2CCOCC2)n[nH]1. The highest BCUT2D eigenvalue weighted by atomic mass is 19.4. The zero-order valence-electron chi connectivity index (χ0n) is 17.3. The van der Waals surface area contributed by atoms with Gasteiger partial charge in [-0.3, -0.25) is 14.8 Å². The van der Waals surface area contributed by atoms with E-state index in [1.807, 2.05) is 4.90 Å². The van der Waals surface area contributed by atoms with Gasteiger partial charge in [0.25, 0.3) is 0 Å². The molecule has 3 heterocycles. The van der Waals surface area contributed by atoms with Crippen LogP contribution in [0.25, 0.3) is 0 Å². The zero-order chi connectivity index (χ0) is 22.0. The van der Waals surface area contributed by atoms with E-state index >= 15 is 0 Å². The van der Waals surface area contributed by atoms with Crippen molar-refractivity contribution in [2.75, 3.05) is 26.3 Å². The molecule has 7 nitrogen and oxygen atoms in total. The first-order valence-corrected chi connectivity index (χ1v) is 10.5. The Bertz CT molecular complexity index is 910. The predicted molar refractivity (Wildman–Crippen MR) is 106 cm³/mol. The first-order valence-electron chi connectivity index (χ1n) is 10.5. The van der Waals surface area contributed by atoms with Gasteiger partial charge in [-0.05, 0) is 31.4 Å². The number of aromatic nitrogens is 3.